The third-order valence-corrected chi connectivity index (χ3v) is 4.99. The first-order chi connectivity index (χ1) is 13.1. The smallest absolute Gasteiger partial charge is 0.165 e. The van der Waals surface area contributed by atoms with Crippen LogP contribution >= 0.6 is 0 Å². The third-order valence-electron chi connectivity index (χ3n) is 4.99. The highest BCUT2D eigenvalue weighted by Gasteiger charge is 2.20. The number of phenols is 2. The monoisotopic (exact) mass is 361 g/mol. The molecule has 0 aliphatic carbocycles. The first-order valence-electron chi connectivity index (χ1n) is 9.15. The van der Waals surface area contributed by atoms with E-state index in [-0.39, 0.29) is 11.5 Å². The molecule has 4 heteroatoms. The molecule has 4 rings (SSSR count). The zero-order valence-electron chi connectivity index (χ0n) is 15.4. The average Bonchev–Trinajstić information content (AvgIpc) is 2.86. The molecule has 0 spiro atoms. The molecule has 3 aromatic carbocycles. The van der Waals surface area contributed by atoms with E-state index >= 15 is 0 Å². The predicted octanol–water partition coefficient (Wildman–Crippen LogP) is 4.47. The van der Waals surface area contributed by atoms with Crippen LogP contribution in [0.15, 0.2) is 60.7 Å². The van der Waals surface area contributed by atoms with E-state index in [4.69, 9.17) is 4.74 Å². The van der Waals surface area contributed by atoms with Gasteiger partial charge in [0.15, 0.2) is 11.5 Å². The van der Waals surface area contributed by atoms with Gasteiger partial charge in [-0.1, -0.05) is 36.4 Å². The van der Waals surface area contributed by atoms with E-state index in [9.17, 15) is 10.2 Å². The molecule has 0 unspecified atom stereocenters. The summed E-state index contributed by atoms with van der Waals surface area (Å²) in [7, 11) is 0. The Kier molecular flexibility index (Phi) is 4.73. The fourth-order valence-electron chi connectivity index (χ4n) is 3.60. The van der Waals surface area contributed by atoms with Crippen LogP contribution in [0.4, 0.5) is 0 Å². The number of aromatic hydroxyl groups is 2. The molecule has 1 aliphatic rings. The molecule has 0 radical (unpaired) electrons. The largest absolute Gasteiger partial charge is 0.508 e. The Morgan fingerprint density at radius 3 is 2.56 bits per heavy atom. The van der Waals surface area contributed by atoms with Gasteiger partial charge in [0.1, 0.15) is 12.4 Å². The molecular weight excluding hydrogens is 338 g/mol. The zero-order valence-corrected chi connectivity index (χ0v) is 15.4. The minimum absolute atomic E-state index is 0.192. The molecule has 2 N–H and O–H groups in total. The molecule has 0 saturated carbocycles. The van der Waals surface area contributed by atoms with Crippen molar-refractivity contribution in [1.82, 2.24) is 4.90 Å². The van der Waals surface area contributed by atoms with Crippen molar-refractivity contribution >= 4 is 0 Å². The Morgan fingerprint density at radius 2 is 1.78 bits per heavy atom. The Hall–Kier alpha value is -2.98. The summed E-state index contributed by atoms with van der Waals surface area (Å²) in [6.45, 7) is 4.84. The fraction of sp³-hybridized carbons (Fsp3) is 0.217. The fourth-order valence-corrected chi connectivity index (χ4v) is 3.60. The van der Waals surface area contributed by atoms with Gasteiger partial charge >= 0.3 is 0 Å². The number of nitrogens with zero attached hydrogens (tertiary/aromatic N) is 1. The van der Waals surface area contributed by atoms with Gasteiger partial charge < -0.3 is 14.9 Å². The van der Waals surface area contributed by atoms with Crippen molar-refractivity contribution in [2.45, 2.75) is 20.0 Å². The summed E-state index contributed by atoms with van der Waals surface area (Å²) in [6.07, 6.45) is 0. The topological polar surface area (TPSA) is 52.9 Å². The third kappa shape index (κ3) is 3.76. The molecule has 0 saturated heterocycles. The summed E-state index contributed by atoms with van der Waals surface area (Å²) in [5.74, 6) is 1.05. The second-order valence-electron chi connectivity index (χ2n) is 7.02. The van der Waals surface area contributed by atoms with Crippen LogP contribution in [0, 0.1) is 6.92 Å². The van der Waals surface area contributed by atoms with Gasteiger partial charge in [0.2, 0.25) is 0 Å². The molecule has 4 nitrogen and oxygen atoms in total. The van der Waals surface area contributed by atoms with Crippen LogP contribution < -0.4 is 4.74 Å². The van der Waals surface area contributed by atoms with Crippen molar-refractivity contribution in [3.63, 3.8) is 0 Å². The van der Waals surface area contributed by atoms with Gasteiger partial charge in [0.05, 0.1) is 0 Å². The van der Waals surface area contributed by atoms with Crippen LogP contribution in [0.2, 0.25) is 0 Å². The van der Waals surface area contributed by atoms with Gasteiger partial charge in [0.25, 0.3) is 0 Å². The van der Waals surface area contributed by atoms with Crippen LogP contribution in [0.25, 0.3) is 11.1 Å². The molecule has 0 amide bonds. The van der Waals surface area contributed by atoms with E-state index in [0.717, 1.165) is 35.3 Å². The average molecular weight is 361 g/mol. The second kappa shape index (κ2) is 7.33. The van der Waals surface area contributed by atoms with Crippen molar-refractivity contribution in [1.29, 1.82) is 0 Å². The second-order valence-corrected chi connectivity index (χ2v) is 7.02. The lowest BCUT2D eigenvalue weighted by Gasteiger charge is -2.20. The number of hydrogen-bond donors (Lipinski definition) is 2. The predicted molar refractivity (Wildman–Crippen MR) is 106 cm³/mol. The highest BCUT2D eigenvalue weighted by atomic mass is 16.5. The lowest BCUT2D eigenvalue weighted by Crippen LogP contribution is -2.25. The molecule has 1 aliphatic heterocycles. The van der Waals surface area contributed by atoms with Crippen molar-refractivity contribution < 1.29 is 14.9 Å². The molecule has 0 fully saturated rings. The Bertz CT molecular complexity index is 950. The van der Waals surface area contributed by atoms with Crippen molar-refractivity contribution in [2.75, 3.05) is 13.2 Å². The van der Waals surface area contributed by atoms with E-state index in [1.165, 1.54) is 5.56 Å². The van der Waals surface area contributed by atoms with E-state index < -0.39 is 0 Å². The molecule has 0 atom stereocenters. The standard InChI is InChI=1S/C23H23NO3/c1-16-4-2-3-5-21(16)18-12-19-15-24(10-11-27-23(19)22(26)13-18)14-17-6-8-20(25)9-7-17/h2-9,12-13,25-26H,10-11,14-15H2,1H3. The summed E-state index contributed by atoms with van der Waals surface area (Å²) < 4.78 is 5.86. The Morgan fingerprint density at radius 1 is 1.00 bits per heavy atom. The number of phenolic OH excluding ortho intramolecular Hbond substituents is 2. The molecular formula is C23H23NO3. The SMILES string of the molecule is Cc1ccccc1-c1cc(O)c2c(c1)CN(Cc1ccc(O)cc1)CCO2. The van der Waals surface area contributed by atoms with Crippen LogP contribution in [-0.2, 0) is 13.1 Å². The minimum atomic E-state index is 0.192. The van der Waals surface area contributed by atoms with Gasteiger partial charge in [-0.05, 0) is 53.4 Å². The maximum atomic E-state index is 10.5. The highest BCUT2D eigenvalue weighted by molar-refractivity contribution is 5.71. The zero-order chi connectivity index (χ0) is 18.8. The summed E-state index contributed by atoms with van der Waals surface area (Å²) >= 11 is 0. The number of fused-ring (bicyclic) bond motifs is 1. The number of ether oxygens (including phenoxy) is 1. The van der Waals surface area contributed by atoms with E-state index in [1.54, 1.807) is 18.2 Å². The van der Waals surface area contributed by atoms with Gasteiger partial charge in [-0.3, -0.25) is 4.90 Å². The highest BCUT2D eigenvalue weighted by Crippen LogP contribution is 2.38. The first-order valence-corrected chi connectivity index (χ1v) is 9.15. The van der Waals surface area contributed by atoms with Gasteiger partial charge in [-0.25, -0.2) is 0 Å². The van der Waals surface area contributed by atoms with E-state index in [2.05, 4.69) is 30.0 Å². The van der Waals surface area contributed by atoms with E-state index in [0.29, 0.717) is 18.9 Å². The quantitative estimate of drug-likeness (QED) is 0.723. The van der Waals surface area contributed by atoms with Gasteiger partial charge in [-0.15, -0.1) is 0 Å². The first kappa shape index (κ1) is 17.4. The lowest BCUT2D eigenvalue weighted by molar-refractivity contribution is 0.217. The van der Waals surface area contributed by atoms with Gasteiger partial charge in [0, 0.05) is 25.2 Å². The van der Waals surface area contributed by atoms with Crippen LogP contribution in [0.1, 0.15) is 16.7 Å². The number of benzene rings is 3. The molecule has 1 heterocycles. The number of aryl methyl sites for hydroxylation is 1. The van der Waals surface area contributed by atoms with Crippen molar-refractivity contribution in [2.24, 2.45) is 0 Å². The van der Waals surface area contributed by atoms with E-state index in [1.807, 2.05) is 24.3 Å². The normalized spacial score (nSPS) is 14.3. The summed E-state index contributed by atoms with van der Waals surface area (Å²) in [4.78, 5) is 2.29. The van der Waals surface area contributed by atoms with Crippen molar-refractivity contribution in [3.8, 4) is 28.4 Å². The van der Waals surface area contributed by atoms with Gasteiger partial charge in [-0.2, -0.15) is 0 Å². The van der Waals surface area contributed by atoms with Crippen LogP contribution in [0.5, 0.6) is 17.2 Å². The number of rotatable bonds is 3. The minimum Gasteiger partial charge on any atom is -0.508 e. The Labute approximate surface area is 159 Å². The lowest BCUT2D eigenvalue weighted by atomic mass is 9.97. The molecule has 3 aromatic rings. The van der Waals surface area contributed by atoms with Crippen LogP contribution in [0.3, 0.4) is 0 Å². The summed E-state index contributed by atoms with van der Waals surface area (Å²) in [6, 6.07) is 19.4. The molecule has 0 aromatic heterocycles. The molecule has 138 valence electrons. The maximum Gasteiger partial charge on any atom is 0.165 e. The number of hydrogen-bond acceptors (Lipinski definition) is 4. The van der Waals surface area contributed by atoms with Crippen LogP contribution in [-0.4, -0.2) is 28.3 Å². The molecule has 27 heavy (non-hydrogen) atoms. The summed E-state index contributed by atoms with van der Waals surface area (Å²) in [5.41, 5.74) is 5.41. The van der Waals surface area contributed by atoms with Crippen molar-refractivity contribution in [3.05, 3.63) is 77.4 Å². The maximum absolute atomic E-state index is 10.5. The Balaban J connectivity index is 1.64. The molecule has 0 bridgehead atoms. The summed E-state index contributed by atoms with van der Waals surface area (Å²) in [5, 5.41) is 20.0.